The topological polar surface area (TPSA) is 34.1 Å². The summed E-state index contributed by atoms with van der Waals surface area (Å²) in [7, 11) is 1.79. The van der Waals surface area contributed by atoms with Gasteiger partial charge in [-0.1, -0.05) is 0 Å². The maximum absolute atomic E-state index is 6.03. The molecule has 1 saturated heterocycles. The van der Waals surface area contributed by atoms with Crippen LogP contribution in [0.25, 0.3) is 0 Å². The molecule has 0 amide bonds. The Labute approximate surface area is 98.1 Å². The van der Waals surface area contributed by atoms with E-state index in [0.717, 1.165) is 0 Å². The van der Waals surface area contributed by atoms with Crippen LogP contribution in [0.5, 0.6) is 0 Å². The maximum atomic E-state index is 6.03. The van der Waals surface area contributed by atoms with Gasteiger partial charge in [0.1, 0.15) is 0 Å². The van der Waals surface area contributed by atoms with Gasteiger partial charge in [-0.15, -0.1) is 0 Å². The molecule has 2 aliphatic rings. The van der Waals surface area contributed by atoms with Crippen molar-refractivity contribution in [1.82, 2.24) is 5.01 Å². The van der Waals surface area contributed by atoms with Crippen LogP contribution in [0, 0.1) is 0 Å². The van der Waals surface area contributed by atoms with Gasteiger partial charge in [0.15, 0.2) is 0 Å². The van der Waals surface area contributed by atoms with Gasteiger partial charge in [-0.25, -0.2) is 0 Å². The van der Waals surface area contributed by atoms with Crippen molar-refractivity contribution in [2.24, 2.45) is 5.10 Å². The zero-order valence-corrected chi connectivity index (χ0v) is 11.0. The zero-order chi connectivity index (χ0) is 12.1. The van der Waals surface area contributed by atoms with E-state index in [2.05, 4.69) is 39.7 Å². The first-order valence-corrected chi connectivity index (χ1v) is 5.87. The quantitative estimate of drug-likeness (QED) is 0.636. The third kappa shape index (κ3) is 1.66. The first-order chi connectivity index (χ1) is 7.24. The van der Waals surface area contributed by atoms with E-state index in [4.69, 9.17) is 9.31 Å². The van der Waals surface area contributed by atoms with E-state index in [9.17, 15) is 0 Å². The van der Waals surface area contributed by atoms with Crippen LogP contribution in [0.15, 0.2) is 5.10 Å². The van der Waals surface area contributed by atoms with Crippen molar-refractivity contribution in [1.29, 1.82) is 0 Å². The fourth-order valence-electron chi connectivity index (χ4n) is 2.00. The Kier molecular flexibility index (Phi) is 2.59. The van der Waals surface area contributed by atoms with Crippen molar-refractivity contribution in [2.45, 2.75) is 57.7 Å². The summed E-state index contributed by atoms with van der Waals surface area (Å²) in [6, 6.07) is 0.328. The minimum absolute atomic E-state index is 0.186. The Morgan fingerprint density at radius 2 is 1.69 bits per heavy atom. The highest BCUT2D eigenvalue weighted by molar-refractivity contribution is 6.52. The number of hydrogen-bond acceptors (Lipinski definition) is 4. The minimum atomic E-state index is -0.258. The van der Waals surface area contributed by atoms with E-state index in [1.807, 2.05) is 18.3 Å². The van der Waals surface area contributed by atoms with Gasteiger partial charge in [-0.05, 0) is 34.6 Å². The molecule has 90 valence electrons. The summed E-state index contributed by atoms with van der Waals surface area (Å²) in [5.74, 6) is 0.214. The molecule has 2 aliphatic heterocycles. The van der Waals surface area contributed by atoms with Crippen molar-refractivity contribution < 1.29 is 9.31 Å². The van der Waals surface area contributed by atoms with Gasteiger partial charge in [0, 0.05) is 13.3 Å². The van der Waals surface area contributed by atoms with E-state index in [1.165, 1.54) is 0 Å². The molecule has 0 aromatic carbocycles. The highest BCUT2D eigenvalue weighted by atomic mass is 16.7. The molecule has 0 aromatic rings. The van der Waals surface area contributed by atoms with Crippen LogP contribution in [0.4, 0.5) is 0 Å². The highest BCUT2D eigenvalue weighted by Gasteiger charge is 2.55. The van der Waals surface area contributed by atoms with Crippen molar-refractivity contribution in [2.75, 3.05) is 7.05 Å². The van der Waals surface area contributed by atoms with E-state index in [1.54, 1.807) is 0 Å². The predicted octanol–water partition coefficient (Wildman–Crippen LogP) is 1.77. The van der Waals surface area contributed by atoms with Crippen molar-refractivity contribution >= 4 is 13.3 Å². The molecule has 0 spiro atoms. The molecular formula is C11H21BN2O2. The van der Waals surface area contributed by atoms with Crippen LogP contribution in [0.1, 0.15) is 34.6 Å². The lowest BCUT2D eigenvalue weighted by Gasteiger charge is -2.32. The summed E-state index contributed by atoms with van der Waals surface area (Å²) in [6.07, 6.45) is 1.94. The highest BCUT2D eigenvalue weighted by Crippen LogP contribution is 2.41. The summed E-state index contributed by atoms with van der Waals surface area (Å²) in [4.78, 5) is 0. The lowest BCUT2D eigenvalue weighted by Crippen LogP contribution is -2.41. The second kappa shape index (κ2) is 3.47. The second-order valence-electron chi connectivity index (χ2n) is 5.78. The number of rotatable bonds is 1. The first-order valence-electron chi connectivity index (χ1n) is 5.87. The molecule has 5 heteroatoms. The zero-order valence-electron chi connectivity index (χ0n) is 11.0. The molecule has 0 saturated carbocycles. The van der Waals surface area contributed by atoms with Gasteiger partial charge in [0.25, 0.3) is 0 Å². The van der Waals surface area contributed by atoms with Crippen molar-refractivity contribution in [3.8, 4) is 0 Å². The van der Waals surface area contributed by atoms with Crippen LogP contribution in [0.3, 0.4) is 0 Å². The first kappa shape index (κ1) is 11.9. The van der Waals surface area contributed by atoms with E-state index >= 15 is 0 Å². The summed E-state index contributed by atoms with van der Waals surface area (Å²) in [6.45, 7) is 10.4. The molecule has 4 nitrogen and oxygen atoms in total. The van der Waals surface area contributed by atoms with E-state index in [-0.39, 0.29) is 24.1 Å². The predicted molar refractivity (Wildman–Crippen MR) is 65.5 cm³/mol. The second-order valence-corrected chi connectivity index (χ2v) is 5.78. The smallest absolute Gasteiger partial charge is 0.403 e. The standard InChI is InChI=1S/C11H21BN2O2/c1-8-9(7-13-14(8)6)12-15-10(2,3)11(4,5)16-12/h7-9H,1-6H3. The molecule has 1 fully saturated rings. The lowest BCUT2D eigenvalue weighted by molar-refractivity contribution is 0.00578. The Balaban J connectivity index is 2.13. The molecule has 0 aliphatic carbocycles. The molecule has 2 heterocycles. The summed E-state index contributed by atoms with van der Waals surface area (Å²) >= 11 is 0. The van der Waals surface area contributed by atoms with Crippen LogP contribution in [-0.4, -0.2) is 42.6 Å². The average molecular weight is 224 g/mol. The Hall–Kier alpha value is -0.545. The molecule has 0 N–H and O–H groups in total. The molecule has 16 heavy (non-hydrogen) atoms. The van der Waals surface area contributed by atoms with Gasteiger partial charge in [0.05, 0.1) is 23.1 Å². The lowest BCUT2D eigenvalue weighted by atomic mass is 9.69. The number of hydrazone groups is 1. The number of nitrogens with zero attached hydrogens (tertiary/aromatic N) is 2. The van der Waals surface area contributed by atoms with Gasteiger partial charge in [-0.3, -0.25) is 5.01 Å². The molecule has 2 atom stereocenters. The molecule has 2 rings (SSSR count). The Bertz CT molecular complexity index is 301. The fourth-order valence-corrected chi connectivity index (χ4v) is 2.00. The molecule has 0 bridgehead atoms. The third-order valence-corrected chi connectivity index (χ3v) is 4.15. The van der Waals surface area contributed by atoms with Crippen LogP contribution < -0.4 is 0 Å². The minimum Gasteiger partial charge on any atom is -0.403 e. The molecule has 2 unspecified atom stereocenters. The van der Waals surface area contributed by atoms with Gasteiger partial charge in [0.2, 0.25) is 0 Å². The third-order valence-electron chi connectivity index (χ3n) is 4.15. The maximum Gasteiger partial charge on any atom is 0.469 e. The van der Waals surface area contributed by atoms with Crippen molar-refractivity contribution in [3.63, 3.8) is 0 Å². The van der Waals surface area contributed by atoms with E-state index < -0.39 is 0 Å². The summed E-state index contributed by atoms with van der Waals surface area (Å²) in [5, 5.41) is 6.24. The van der Waals surface area contributed by atoms with Gasteiger partial charge in [-0.2, -0.15) is 5.10 Å². The normalized spacial score (nSPS) is 36.1. The Morgan fingerprint density at radius 3 is 2.06 bits per heavy atom. The van der Waals surface area contributed by atoms with Crippen LogP contribution in [-0.2, 0) is 9.31 Å². The van der Waals surface area contributed by atoms with Gasteiger partial charge < -0.3 is 9.31 Å². The monoisotopic (exact) mass is 224 g/mol. The molecule has 0 aromatic heterocycles. The summed E-state index contributed by atoms with van der Waals surface area (Å²) in [5.41, 5.74) is -0.515. The average Bonchev–Trinajstić information content (AvgIpc) is 2.54. The SMILES string of the molecule is CC1C(B2OC(C)(C)C(C)(C)O2)C=NN1C. The van der Waals surface area contributed by atoms with Gasteiger partial charge >= 0.3 is 7.12 Å². The summed E-state index contributed by atoms with van der Waals surface area (Å²) < 4.78 is 12.1. The Morgan fingerprint density at radius 1 is 1.19 bits per heavy atom. The van der Waals surface area contributed by atoms with Crippen LogP contribution >= 0.6 is 0 Å². The van der Waals surface area contributed by atoms with E-state index in [0.29, 0.717) is 6.04 Å². The van der Waals surface area contributed by atoms with Crippen LogP contribution in [0.2, 0.25) is 5.82 Å². The molecular weight excluding hydrogens is 203 g/mol. The largest absolute Gasteiger partial charge is 0.469 e. The molecule has 0 radical (unpaired) electrons. The number of hydrogen-bond donors (Lipinski definition) is 0. The fraction of sp³-hybridized carbons (Fsp3) is 0.909. The van der Waals surface area contributed by atoms with Crippen molar-refractivity contribution in [3.05, 3.63) is 0 Å².